The first kappa shape index (κ1) is 17.0. The van der Waals surface area contributed by atoms with Crippen molar-refractivity contribution in [3.05, 3.63) is 13.8 Å². The highest BCUT2D eigenvalue weighted by Gasteiger charge is 2.04. The fraction of sp³-hybridized carbons (Fsp3) is 0.882. The zero-order chi connectivity index (χ0) is 12.8. The van der Waals surface area contributed by atoms with E-state index in [0.717, 1.165) is 18.8 Å². The minimum Gasteiger partial charge on any atom is -0.0651 e. The van der Waals surface area contributed by atoms with E-state index in [2.05, 4.69) is 20.8 Å². The SMILES string of the molecule is [CH2]CCCCCCCCCC(CC)CCC[CH2]. The van der Waals surface area contributed by atoms with Crippen LogP contribution in [0.3, 0.4) is 0 Å². The van der Waals surface area contributed by atoms with E-state index in [1.54, 1.807) is 0 Å². The molecule has 17 heavy (non-hydrogen) atoms. The van der Waals surface area contributed by atoms with E-state index in [9.17, 15) is 0 Å². The minimum atomic E-state index is 0.975. The van der Waals surface area contributed by atoms with Crippen molar-refractivity contribution >= 4 is 0 Å². The lowest BCUT2D eigenvalue weighted by atomic mass is 9.93. The first-order valence-electron chi connectivity index (χ1n) is 7.93. The van der Waals surface area contributed by atoms with Crippen LogP contribution in [0.15, 0.2) is 0 Å². The summed E-state index contributed by atoms with van der Waals surface area (Å²) in [4.78, 5) is 0. The van der Waals surface area contributed by atoms with Gasteiger partial charge in [-0.15, -0.1) is 0 Å². The van der Waals surface area contributed by atoms with Crippen LogP contribution in [0.25, 0.3) is 0 Å². The highest BCUT2D eigenvalue weighted by Crippen LogP contribution is 2.20. The Labute approximate surface area is 111 Å². The van der Waals surface area contributed by atoms with E-state index < -0.39 is 0 Å². The van der Waals surface area contributed by atoms with Crippen molar-refractivity contribution in [2.45, 2.75) is 90.4 Å². The normalized spacial score (nSPS) is 12.9. The van der Waals surface area contributed by atoms with Crippen LogP contribution in [-0.2, 0) is 0 Å². The van der Waals surface area contributed by atoms with Gasteiger partial charge < -0.3 is 0 Å². The Kier molecular flexibility index (Phi) is 14.1. The summed E-state index contributed by atoms with van der Waals surface area (Å²) in [5.74, 6) is 0.975. The van der Waals surface area contributed by atoms with Gasteiger partial charge in [-0.1, -0.05) is 104 Å². The summed E-state index contributed by atoms with van der Waals surface area (Å²) in [7, 11) is 0. The molecule has 0 heteroatoms. The highest BCUT2D eigenvalue weighted by atomic mass is 14.1. The van der Waals surface area contributed by atoms with Crippen LogP contribution in [0.1, 0.15) is 90.4 Å². The first-order chi connectivity index (χ1) is 8.35. The molecule has 0 saturated heterocycles. The molecule has 0 fully saturated rings. The molecule has 0 saturated carbocycles. The fourth-order valence-electron chi connectivity index (χ4n) is 2.48. The lowest BCUT2D eigenvalue weighted by Gasteiger charge is -2.13. The van der Waals surface area contributed by atoms with E-state index >= 15 is 0 Å². The average Bonchev–Trinajstić information content (AvgIpc) is 2.36. The molecule has 102 valence electrons. The van der Waals surface area contributed by atoms with Crippen LogP contribution in [-0.4, -0.2) is 0 Å². The largest absolute Gasteiger partial charge is 0.0651 e. The van der Waals surface area contributed by atoms with Crippen molar-refractivity contribution in [1.82, 2.24) is 0 Å². The third-order valence-corrected chi connectivity index (χ3v) is 3.80. The third-order valence-electron chi connectivity index (χ3n) is 3.80. The molecule has 0 nitrogen and oxygen atoms in total. The third kappa shape index (κ3) is 12.2. The van der Waals surface area contributed by atoms with Crippen molar-refractivity contribution in [2.24, 2.45) is 5.92 Å². The zero-order valence-corrected chi connectivity index (χ0v) is 12.2. The summed E-state index contributed by atoms with van der Waals surface area (Å²) in [6.45, 7) is 10.2. The molecular weight excluding hydrogens is 204 g/mol. The van der Waals surface area contributed by atoms with Gasteiger partial charge in [-0.05, 0) is 5.92 Å². The zero-order valence-electron chi connectivity index (χ0n) is 12.2. The van der Waals surface area contributed by atoms with E-state index in [4.69, 9.17) is 0 Å². The molecular formula is C17H34. The molecule has 0 spiro atoms. The molecule has 0 aromatic carbocycles. The summed E-state index contributed by atoms with van der Waals surface area (Å²) in [5.41, 5.74) is 0. The number of hydrogen-bond donors (Lipinski definition) is 0. The molecule has 1 atom stereocenters. The maximum Gasteiger partial charge on any atom is -0.0417 e. The summed E-state index contributed by atoms with van der Waals surface area (Å²) >= 11 is 0. The Morgan fingerprint density at radius 2 is 1.12 bits per heavy atom. The summed E-state index contributed by atoms with van der Waals surface area (Å²) in [6, 6.07) is 0. The second-order valence-electron chi connectivity index (χ2n) is 5.39. The molecule has 0 rings (SSSR count). The van der Waals surface area contributed by atoms with Crippen LogP contribution in [0.2, 0.25) is 0 Å². The van der Waals surface area contributed by atoms with Crippen molar-refractivity contribution in [1.29, 1.82) is 0 Å². The first-order valence-corrected chi connectivity index (χ1v) is 7.93. The molecule has 1 unspecified atom stereocenters. The van der Waals surface area contributed by atoms with Crippen LogP contribution in [0.5, 0.6) is 0 Å². The second kappa shape index (κ2) is 14.1. The Bertz CT molecular complexity index is 128. The smallest absolute Gasteiger partial charge is 0.0417 e. The van der Waals surface area contributed by atoms with Gasteiger partial charge in [0.2, 0.25) is 0 Å². The monoisotopic (exact) mass is 238 g/mol. The van der Waals surface area contributed by atoms with Gasteiger partial charge >= 0.3 is 0 Å². The summed E-state index contributed by atoms with van der Waals surface area (Å²) < 4.78 is 0. The molecule has 2 radical (unpaired) electrons. The van der Waals surface area contributed by atoms with Gasteiger partial charge in [-0.25, -0.2) is 0 Å². The van der Waals surface area contributed by atoms with Gasteiger partial charge in [-0.3, -0.25) is 0 Å². The molecule has 0 aliphatic rings. The van der Waals surface area contributed by atoms with Gasteiger partial charge in [0.25, 0.3) is 0 Å². The molecule has 0 amide bonds. The molecule has 0 bridgehead atoms. The number of hydrogen-bond acceptors (Lipinski definition) is 0. The van der Waals surface area contributed by atoms with E-state index in [0.29, 0.717) is 0 Å². The van der Waals surface area contributed by atoms with Crippen LogP contribution >= 0.6 is 0 Å². The molecule has 0 aromatic rings. The standard InChI is InChI=1S/C17H34/c1-4-7-9-10-11-12-13-14-16-17(6-3)15-8-5-2/h17H,1-2,4-16H2,3H3. The Balaban J connectivity index is 3.19. The van der Waals surface area contributed by atoms with E-state index in [1.807, 2.05) is 0 Å². The number of rotatable bonds is 13. The Morgan fingerprint density at radius 3 is 1.65 bits per heavy atom. The van der Waals surface area contributed by atoms with E-state index in [1.165, 1.54) is 70.6 Å². The molecule has 0 aromatic heterocycles. The molecule has 0 heterocycles. The van der Waals surface area contributed by atoms with Gasteiger partial charge in [0.1, 0.15) is 0 Å². The van der Waals surface area contributed by atoms with Crippen molar-refractivity contribution in [3.63, 3.8) is 0 Å². The van der Waals surface area contributed by atoms with Crippen LogP contribution < -0.4 is 0 Å². The maximum absolute atomic E-state index is 3.93. The molecule has 0 aliphatic heterocycles. The van der Waals surface area contributed by atoms with Crippen molar-refractivity contribution in [3.8, 4) is 0 Å². The Morgan fingerprint density at radius 1 is 0.647 bits per heavy atom. The quantitative estimate of drug-likeness (QED) is 0.327. The highest BCUT2D eigenvalue weighted by molar-refractivity contribution is 4.59. The maximum atomic E-state index is 3.93. The predicted octanol–water partition coefficient (Wildman–Crippen LogP) is 6.36. The van der Waals surface area contributed by atoms with Gasteiger partial charge in [0, 0.05) is 0 Å². The van der Waals surface area contributed by atoms with Crippen LogP contribution in [0, 0.1) is 19.8 Å². The van der Waals surface area contributed by atoms with Crippen LogP contribution in [0.4, 0.5) is 0 Å². The van der Waals surface area contributed by atoms with Crippen molar-refractivity contribution < 1.29 is 0 Å². The second-order valence-corrected chi connectivity index (χ2v) is 5.39. The van der Waals surface area contributed by atoms with Crippen molar-refractivity contribution in [2.75, 3.05) is 0 Å². The van der Waals surface area contributed by atoms with Gasteiger partial charge in [-0.2, -0.15) is 0 Å². The average molecular weight is 238 g/mol. The Hall–Kier alpha value is 0. The molecule has 0 N–H and O–H groups in total. The topological polar surface area (TPSA) is 0 Å². The summed E-state index contributed by atoms with van der Waals surface area (Å²) in [6.07, 6.45) is 17.7. The minimum absolute atomic E-state index is 0.975. The fourth-order valence-corrected chi connectivity index (χ4v) is 2.48. The molecule has 0 aliphatic carbocycles. The van der Waals surface area contributed by atoms with Gasteiger partial charge in [0.05, 0.1) is 0 Å². The lowest BCUT2D eigenvalue weighted by Crippen LogP contribution is -1.98. The lowest BCUT2D eigenvalue weighted by molar-refractivity contribution is 0.402. The number of unbranched alkanes of at least 4 members (excludes halogenated alkanes) is 8. The van der Waals surface area contributed by atoms with E-state index in [-0.39, 0.29) is 0 Å². The predicted molar refractivity (Wildman–Crippen MR) is 79.9 cm³/mol. The summed E-state index contributed by atoms with van der Waals surface area (Å²) in [5, 5.41) is 0. The van der Waals surface area contributed by atoms with Gasteiger partial charge in [0.15, 0.2) is 0 Å².